The number of esters is 1. The van der Waals surface area contributed by atoms with Crippen LogP contribution in [-0.2, 0) is 9.53 Å². The largest absolute Gasteiger partial charge is 0.465 e. The third kappa shape index (κ3) is 19.9. The molecule has 0 heterocycles. The van der Waals surface area contributed by atoms with Gasteiger partial charge in [-0.3, -0.25) is 4.79 Å². The number of carbonyl (C=O) groups is 1. The summed E-state index contributed by atoms with van der Waals surface area (Å²) < 4.78 is 4.98. The second kappa shape index (κ2) is 18.7. The SMILES string of the molecule is CCCCCCCCCCCCCCCCCC(=O)OCCC(O)(O)CN. The molecule has 0 aromatic carbocycles. The van der Waals surface area contributed by atoms with Gasteiger partial charge in [0.05, 0.1) is 6.61 Å². The van der Waals surface area contributed by atoms with Crippen molar-refractivity contribution in [1.29, 1.82) is 0 Å². The van der Waals surface area contributed by atoms with Gasteiger partial charge in [0.2, 0.25) is 0 Å². The Hall–Kier alpha value is -0.650. The molecule has 0 amide bonds. The Morgan fingerprint density at radius 3 is 1.59 bits per heavy atom. The van der Waals surface area contributed by atoms with E-state index in [0.29, 0.717) is 6.42 Å². The minimum atomic E-state index is -1.94. The number of aliphatic hydroxyl groups is 2. The third-order valence-electron chi connectivity index (χ3n) is 5.08. The Morgan fingerprint density at radius 2 is 1.19 bits per heavy atom. The molecule has 0 aliphatic carbocycles. The number of ether oxygens (including phenoxy) is 1. The summed E-state index contributed by atoms with van der Waals surface area (Å²) in [4.78, 5) is 11.5. The van der Waals surface area contributed by atoms with Gasteiger partial charge < -0.3 is 20.7 Å². The van der Waals surface area contributed by atoms with Crippen molar-refractivity contribution in [3.8, 4) is 0 Å². The molecule has 0 saturated heterocycles. The summed E-state index contributed by atoms with van der Waals surface area (Å²) >= 11 is 0. The van der Waals surface area contributed by atoms with E-state index in [1.165, 1.54) is 83.5 Å². The highest BCUT2D eigenvalue weighted by atomic mass is 16.5. The molecule has 0 atom stereocenters. The van der Waals surface area contributed by atoms with Gasteiger partial charge in [0.15, 0.2) is 5.79 Å². The second-order valence-electron chi connectivity index (χ2n) is 7.86. The van der Waals surface area contributed by atoms with E-state index in [2.05, 4.69) is 6.92 Å². The number of hydrogen-bond donors (Lipinski definition) is 3. The first kappa shape index (κ1) is 26.4. The van der Waals surface area contributed by atoms with Gasteiger partial charge in [-0.2, -0.15) is 0 Å². The predicted octanol–water partition coefficient (Wildman–Crippen LogP) is 4.82. The van der Waals surface area contributed by atoms with E-state index in [1.54, 1.807) is 0 Å². The molecule has 5 heteroatoms. The van der Waals surface area contributed by atoms with E-state index >= 15 is 0 Å². The molecule has 5 nitrogen and oxygen atoms in total. The molecular formula is C22H45NO4. The van der Waals surface area contributed by atoms with E-state index < -0.39 is 5.79 Å². The molecule has 162 valence electrons. The first-order chi connectivity index (χ1) is 13.0. The zero-order chi connectivity index (χ0) is 20.2. The number of unbranched alkanes of at least 4 members (excludes halogenated alkanes) is 14. The highest BCUT2D eigenvalue weighted by molar-refractivity contribution is 5.69. The standard InChI is InChI=1S/C22H45NO4/c1-2-3-4-5-6-7-8-9-10-11-12-13-14-15-16-17-21(24)27-19-18-22(25,26)20-23/h25-26H,2-20,23H2,1H3. The smallest absolute Gasteiger partial charge is 0.305 e. The number of rotatable bonds is 20. The summed E-state index contributed by atoms with van der Waals surface area (Å²) in [6.45, 7) is 2.00. The Balaban J connectivity index is 3.21. The average molecular weight is 388 g/mol. The zero-order valence-electron chi connectivity index (χ0n) is 17.7. The Labute approximate surface area is 167 Å². The summed E-state index contributed by atoms with van der Waals surface area (Å²) in [6, 6.07) is 0. The van der Waals surface area contributed by atoms with Crippen LogP contribution in [0.1, 0.15) is 116 Å². The van der Waals surface area contributed by atoms with Gasteiger partial charge in [0.25, 0.3) is 0 Å². The van der Waals surface area contributed by atoms with Crippen LogP contribution in [0, 0.1) is 0 Å². The maximum Gasteiger partial charge on any atom is 0.305 e. The summed E-state index contributed by atoms with van der Waals surface area (Å²) in [5.74, 6) is -2.20. The number of nitrogens with two attached hydrogens (primary N) is 1. The lowest BCUT2D eigenvalue weighted by Crippen LogP contribution is -2.38. The minimum absolute atomic E-state index is 0.00176. The number of hydrogen-bond acceptors (Lipinski definition) is 5. The summed E-state index contributed by atoms with van der Waals surface area (Å²) in [7, 11) is 0. The molecular weight excluding hydrogens is 342 g/mol. The van der Waals surface area contributed by atoms with Gasteiger partial charge in [0.1, 0.15) is 0 Å². The van der Waals surface area contributed by atoms with Crippen molar-refractivity contribution in [3.63, 3.8) is 0 Å². The van der Waals surface area contributed by atoms with Gasteiger partial charge >= 0.3 is 5.97 Å². The fourth-order valence-corrected chi connectivity index (χ4v) is 3.14. The molecule has 0 aromatic rings. The molecule has 0 bridgehead atoms. The molecule has 0 fully saturated rings. The molecule has 0 saturated carbocycles. The van der Waals surface area contributed by atoms with Crippen molar-refractivity contribution in [2.24, 2.45) is 5.73 Å². The molecule has 27 heavy (non-hydrogen) atoms. The molecule has 0 radical (unpaired) electrons. The van der Waals surface area contributed by atoms with Crippen LogP contribution < -0.4 is 5.73 Å². The van der Waals surface area contributed by atoms with Crippen LogP contribution in [0.4, 0.5) is 0 Å². The van der Waals surface area contributed by atoms with Gasteiger partial charge in [-0.05, 0) is 6.42 Å². The second-order valence-corrected chi connectivity index (χ2v) is 7.86. The fraction of sp³-hybridized carbons (Fsp3) is 0.955. The third-order valence-corrected chi connectivity index (χ3v) is 5.08. The van der Waals surface area contributed by atoms with Crippen LogP contribution in [0.15, 0.2) is 0 Å². The topological polar surface area (TPSA) is 92.8 Å². The maximum absolute atomic E-state index is 11.5. The van der Waals surface area contributed by atoms with Crippen LogP contribution in [0.2, 0.25) is 0 Å². The van der Waals surface area contributed by atoms with E-state index in [-0.39, 0.29) is 25.5 Å². The van der Waals surface area contributed by atoms with E-state index in [0.717, 1.165) is 12.8 Å². The molecule has 0 rings (SSSR count). The quantitative estimate of drug-likeness (QED) is 0.158. The van der Waals surface area contributed by atoms with E-state index in [1.807, 2.05) is 0 Å². The van der Waals surface area contributed by atoms with Crippen LogP contribution in [0.3, 0.4) is 0 Å². The summed E-state index contributed by atoms with van der Waals surface area (Å²) in [6.07, 6.45) is 19.8. The minimum Gasteiger partial charge on any atom is -0.465 e. The molecule has 0 aliphatic heterocycles. The molecule has 0 aromatic heterocycles. The van der Waals surface area contributed by atoms with Gasteiger partial charge in [-0.25, -0.2) is 0 Å². The monoisotopic (exact) mass is 387 g/mol. The summed E-state index contributed by atoms with van der Waals surface area (Å²) in [5, 5.41) is 18.6. The average Bonchev–Trinajstić information content (AvgIpc) is 2.64. The predicted molar refractivity (Wildman–Crippen MR) is 111 cm³/mol. The highest BCUT2D eigenvalue weighted by Gasteiger charge is 2.20. The van der Waals surface area contributed by atoms with Crippen molar-refractivity contribution < 1.29 is 19.7 Å². The van der Waals surface area contributed by atoms with Crippen LogP contribution >= 0.6 is 0 Å². The van der Waals surface area contributed by atoms with Gasteiger partial charge in [-0.1, -0.05) is 96.8 Å². The maximum atomic E-state index is 11.5. The zero-order valence-corrected chi connectivity index (χ0v) is 17.7. The van der Waals surface area contributed by atoms with E-state index in [4.69, 9.17) is 10.5 Å². The van der Waals surface area contributed by atoms with E-state index in [9.17, 15) is 15.0 Å². The van der Waals surface area contributed by atoms with Crippen molar-refractivity contribution in [3.05, 3.63) is 0 Å². The molecule has 0 spiro atoms. The Kier molecular flexibility index (Phi) is 18.3. The normalized spacial score (nSPS) is 11.7. The van der Waals surface area contributed by atoms with Gasteiger partial charge in [-0.15, -0.1) is 0 Å². The molecule has 0 unspecified atom stereocenters. The van der Waals surface area contributed by atoms with Crippen LogP contribution in [0.5, 0.6) is 0 Å². The first-order valence-electron chi connectivity index (χ1n) is 11.3. The lowest BCUT2D eigenvalue weighted by Gasteiger charge is -2.18. The lowest BCUT2D eigenvalue weighted by atomic mass is 10.0. The lowest BCUT2D eigenvalue weighted by molar-refractivity contribution is -0.170. The van der Waals surface area contributed by atoms with Gasteiger partial charge in [0, 0.05) is 19.4 Å². The Bertz CT molecular complexity index is 334. The van der Waals surface area contributed by atoms with Crippen molar-refractivity contribution >= 4 is 5.97 Å². The first-order valence-corrected chi connectivity index (χ1v) is 11.3. The fourth-order valence-electron chi connectivity index (χ4n) is 3.14. The van der Waals surface area contributed by atoms with Crippen LogP contribution in [-0.4, -0.2) is 35.1 Å². The molecule has 0 aliphatic rings. The van der Waals surface area contributed by atoms with Crippen LogP contribution in [0.25, 0.3) is 0 Å². The number of carbonyl (C=O) groups excluding carboxylic acids is 1. The summed E-state index contributed by atoms with van der Waals surface area (Å²) in [5.41, 5.74) is 5.18. The highest BCUT2D eigenvalue weighted by Crippen LogP contribution is 2.14. The van der Waals surface area contributed by atoms with Crippen molar-refractivity contribution in [2.45, 2.75) is 122 Å². The molecule has 4 N–H and O–H groups in total. The van der Waals surface area contributed by atoms with Crippen molar-refractivity contribution in [2.75, 3.05) is 13.2 Å². The Morgan fingerprint density at radius 1 is 0.778 bits per heavy atom. The van der Waals surface area contributed by atoms with Crippen molar-refractivity contribution in [1.82, 2.24) is 0 Å².